The lowest BCUT2D eigenvalue weighted by Crippen LogP contribution is -2.68. The lowest BCUT2D eigenvalue weighted by atomic mass is 9.33. The lowest BCUT2D eigenvalue weighted by molar-refractivity contribution is -0.219. The van der Waals surface area contributed by atoms with E-state index in [1.54, 1.807) is 0 Å². The van der Waals surface area contributed by atoms with Crippen LogP contribution >= 0.6 is 0 Å². The number of ether oxygens (including phenoxy) is 2. The molecular formula is C48H72N2O4. The average molecular weight is 741 g/mol. The van der Waals surface area contributed by atoms with Crippen LogP contribution in [0.1, 0.15) is 149 Å². The zero-order valence-electron chi connectivity index (χ0n) is 35.5. The van der Waals surface area contributed by atoms with E-state index < -0.39 is 5.60 Å². The monoisotopic (exact) mass is 741 g/mol. The highest BCUT2D eigenvalue weighted by atomic mass is 16.6. The van der Waals surface area contributed by atoms with Crippen LogP contribution in [0, 0.1) is 57.2 Å². The number of carbonyl (C=O) groups is 2. The topological polar surface area (TPSA) is 67.9 Å². The first-order chi connectivity index (χ1) is 25.3. The second-order valence-corrected chi connectivity index (χ2v) is 21.3. The van der Waals surface area contributed by atoms with E-state index in [4.69, 9.17) is 9.47 Å². The summed E-state index contributed by atoms with van der Waals surface area (Å²) in [6, 6.07) is 8.13. The number of hydrogen-bond donors (Lipinski definition) is 1. The molecule has 0 bridgehead atoms. The molecule has 6 heteroatoms. The van der Waals surface area contributed by atoms with Gasteiger partial charge in [0.1, 0.15) is 5.60 Å². The van der Waals surface area contributed by atoms with Gasteiger partial charge in [-0.3, -0.25) is 0 Å². The zero-order chi connectivity index (χ0) is 39.1. The summed E-state index contributed by atoms with van der Waals surface area (Å²) >= 11 is 0. The Labute approximate surface area is 327 Å². The van der Waals surface area contributed by atoms with Gasteiger partial charge in [0.05, 0.1) is 12.7 Å². The quantitative estimate of drug-likeness (QED) is 0.232. The molecule has 0 aromatic heterocycles. The number of allylic oxidation sites excluding steroid dienone is 3. The normalized spacial score (nSPS) is 40.0. The van der Waals surface area contributed by atoms with Crippen molar-refractivity contribution < 1.29 is 19.1 Å². The van der Waals surface area contributed by atoms with Crippen molar-refractivity contribution in [2.45, 2.75) is 144 Å². The summed E-state index contributed by atoms with van der Waals surface area (Å²) in [6.45, 7) is 28.6. The highest BCUT2D eigenvalue weighted by molar-refractivity contribution is 5.90. The Morgan fingerprint density at radius 1 is 0.907 bits per heavy atom. The Kier molecular flexibility index (Phi) is 10.1. The Bertz CT molecular complexity index is 1650. The van der Waals surface area contributed by atoms with Gasteiger partial charge < -0.3 is 19.7 Å². The molecular weight excluding hydrogens is 669 g/mol. The third kappa shape index (κ3) is 6.31. The Hall–Kier alpha value is -2.60. The molecule has 1 saturated heterocycles. The van der Waals surface area contributed by atoms with Crippen LogP contribution in [-0.4, -0.2) is 54.8 Å². The van der Waals surface area contributed by atoms with Crippen molar-refractivity contribution in [3.05, 3.63) is 53.6 Å². The number of esters is 1. The van der Waals surface area contributed by atoms with E-state index in [-0.39, 0.29) is 39.3 Å². The van der Waals surface area contributed by atoms with Gasteiger partial charge in [0.25, 0.3) is 0 Å². The summed E-state index contributed by atoms with van der Waals surface area (Å²) in [7, 11) is 1.45. The minimum Gasteiger partial charge on any atom is -0.465 e. The molecule has 1 amide bonds. The summed E-state index contributed by atoms with van der Waals surface area (Å²) in [4.78, 5) is 27.2. The first-order valence-electron chi connectivity index (χ1n) is 21.6. The molecule has 54 heavy (non-hydrogen) atoms. The first kappa shape index (κ1) is 39.6. The minimum absolute atomic E-state index is 0.0409. The maximum absolute atomic E-state index is 13.0. The highest BCUT2D eigenvalue weighted by Crippen LogP contribution is 2.76. The number of piperidine rings is 1. The Balaban J connectivity index is 1.13. The number of nitrogens with zero attached hydrogens (tertiary/aromatic N) is 1. The molecule has 0 radical (unpaired) electrons. The molecule has 5 fully saturated rings. The van der Waals surface area contributed by atoms with Gasteiger partial charge in [0, 0.05) is 25.2 Å². The summed E-state index contributed by atoms with van der Waals surface area (Å²) in [5, 5.41) is 4.34. The van der Waals surface area contributed by atoms with Gasteiger partial charge >= 0.3 is 12.1 Å². The van der Waals surface area contributed by atoms with Crippen LogP contribution in [0.4, 0.5) is 4.79 Å². The van der Waals surface area contributed by atoms with E-state index in [0.717, 1.165) is 32.5 Å². The van der Waals surface area contributed by atoms with Crippen LogP contribution in [0.3, 0.4) is 0 Å². The largest absolute Gasteiger partial charge is 0.465 e. The van der Waals surface area contributed by atoms with Crippen molar-refractivity contribution in [2.24, 2.45) is 57.2 Å². The number of methoxy groups -OCH3 is 1. The standard InChI is InChI=1S/C48H72N2O4/c1-31(2)35-20-25-48(49-29-32-13-12-28-50(30-32)42(52)54-43(3,4)5)27-26-46(9)37(40(35)48)18-19-39-45(8)23-21-36(33-14-16-34(17-15-33)41(51)53-11)44(6,7)38(45)22-24-47(39,46)10/h14-17,21,32,35,37-40,49H,1,12-13,18-20,22-30H2,2-11H3. The van der Waals surface area contributed by atoms with Crippen molar-refractivity contribution in [1.29, 1.82) is 0 Å². The number of fused-ring (bicyclic) bond motifs is 7. The molecule has 6 nitrogen and oxygen atoms in total. The molecule has 5 aliphatic carbocycles. The van der Waals surface area contributed by atoms with Crippen molar-refractivity contribution in [3.63, 3.8) is 0 Å². The molecule has 1 aromatic carbocycles. The number of rotatable bonds is 6. The van der Waals surface area contributed by atoms with Gasteiger partial charge in [-0.1, -0.05) is 65.0 Å². The van der Waals surface area contributed by atoms with Gasteiger partial charge in [-0.25, -0.2) is 9.59 Å². The highest BCUT2D eigenvalue weighted by Gasteiger charge is 2.70. The van der Waals surface area contributed by atoms with Gasteiger partial charge in [-0.15, -0.1) is 0 Å². The fraction of sp³-hybridized carbons (Fsp3) is 0.750. The van der Waals surface area contributed by atoms with E-state index in [2.05, 4.69) is 71.6 Å². The van der Waals surface area contributed by atoms with Crippen LogP contribution in [0.25, 0.3) is 5.57 Å². The molecule has 10 unspecified atom stereocenters. The third-order valence-electron chi connectivity index (χ3n) is 17.2. The van der Waals surface area contributed by atoms with Crippen LogP contribution in [0.5, 0.6) is 0 Å². The van der Waals surface area contributed by atoms with E-state index in [0.29, 0.717) is 41.1 Å². The summed E-state index contributed by atoms with van der Waals surface area (Å²) in [5.74, 6) is 3.35. The molecule has 0 spiro atoms. The molecule has 1 heterocycles. The van der Waals surface area contributed by atoms with E-state index >= 15 is 0 Å². The van der Waals surface area contributed by atoms with Gasteiger partial charge in [-0.2, -0.15) is 0 Å². The van der Waals surface area contributed by atoms with Crippen molar-refractivity contribution in [3.8, 4) is 0 Å². The van der Waals surface area contributed by atoms with Gasteiger partial charge in [0.15, 0.2) is 0 Å². The maximum atomic E-state index is 13.0. The SMILES string of the molecule is C=C(C)C1CCC2(NCC3CCCN(C(=O)OC(C)(C)C)C3)CCC3(C)C(CCC4C5(C)CC=C(c6ccc(C(=O)OC)cc6)C(C)(C)C5CCC43C)C12. The zero-order valence-corrected chi connectivity index (χ0v) is 35.5. The molecule has 6 aliphatic rings. The minimum atomic E-state index is -0.468. The number of hydrogen-bond acceptors (Lipinski definition) is 5. The second kappa shape index (κ2) is 13.8. The molecule has 1 N–H and O–H groups in total. The Morgan fingerprint density at radius 3 is 2.30 bits per heavy atom. The van der Waals surface area contributed by atoms with Gasteiger partial charge in [-0.05, 0) is 179 Å². The predicted molar refractivity (Wildman–Crippen MR) is 219 cm³/mol. The predicted octanol–water partition coefficient (Wildman–Crippen LogP) is 11.1. The van der Waals surface area contributed by atoms with Gasteiger partial charge in [0.2, 0.25) is 0 Å². The number of likely N-dealkylation sites (tertiary alicyclic amines) is 1. The number of benzene rings is 1. The maximum Gasteiger partial charge on any atom is 0.410 e. The number of nitrogens with one attached hydrogen (secondary N) is 1. The van der Waals surface area contributed by atoms with Crippen LogP contribution in [-0.2, 0) is 9.47 Å². The van der Waals surface area contributed by atoms with Crippen molar-refractivity contribution >= 4 is 17.6 Å². The molecule has 10 atom stereocenters. The summed E-state index contributed by atoms with van der Waals surface area (Å²) in [6.07, 6.45) is 16.0. The fourth-order valence-corrected chi connectivity index (χ4v) is 14.5. The third-order valence-corrected chi connectivity index (χ3v) is 17.2. The molecule has 298 valence electrons. The van der Waals surface area contributed by atoms with Crippen LogP contribution in [0.15, 0.2) is 42.5 Å². The van der Waals surface area contributed by atoms with E-state index in [1.165, 1.54) is 81.6 Å². The lowest BCUT2D eigenvalue weighted by Gasteiger charge is -2.72. The molecule has 1 aliphatic heterocycles. The molecule has 7 rings (SSSR count). The number of carbonyl (C=O) groups excluding carboxylic acids is 2. The summed E-state index contributed by atoms with van der Waals surface area (Å²) in [5.41, 5.74) is 5.23. The van der Waals surface area contributed by atoms with E-state index in [9.17, 15) is 9.59 Å². The smallest absolute Gasteiger partial charge is 0.410 e. The van der Waals surface area contributed by atoms with Crippen molar-refractivity contribution in [1.82, 2.24) is 10.2 Å². The average Bonchev–Trinajstić information content (AvgIpc) is 3.50. The molecule has 4 saturated carbocycles. The number of amides is 1. The first-order valence-corrected chi connectivity index (χ1v) is 21.6. The molecule has 1 aromatic rings. The van der Waals surface area contributed by atoms with Crippen molar-refractivity contribution in [2.75, 3.05) is 26.7 Å². The second-order valence-electron chi connectivity index (χ2n) is 21.3. The van der Waals surface area contributed by atoms with Crippen LogP contribution < -0.4 is 5.32 Å². The van der Waals surface area contributed by atoms with Crippen LogP contribution in [0.2, 0.25) is 0 Å². The fourth-order valence-electron chi connectivity index (χ4n) is 14.5. The Morgan fingerprint density at radius 2 is 1.63 bits per heavy atom. The van der Waals surface area contributed by atoms with E-state index in [1.807, 2.05) is 37.8 Å². The summed E-state index contributed by atoms with van der Waals surface area (Å²) < 4.78 is 10.8.